The van der Waals surface area contributed by atoms with E-state index in [1.54, 1.807) is 0 Å². The van der Waals surface area contributed by atoms with Crippen LogP contribution >= 0.6 is 0 Å². The van der Waals surface area contributed by atoms with Gasteiger partial charge in [-0.05, 0) is 45.4 Å². The Morgan fingerprint density at radius 3 is 2.76 bits per heavy atom. The third-order valence-electron chi connectivity index (χ3n) is 3.80. The third-order valence-corrected chi connectivity index (χ3v) is 3.80. The average molecular weight is 232 g/mol. The number of para-hydroxylation sites is 1. The fraction of sp³-hybridized carbons (Fsp3) is 0.600. The Bertz CT molecular complexity index is 323. The van der Waals surface area contributed by atoms with E-state index < -0.39 is 0 Å². The van der Waals surface area contributed by atoms with Gasteiger partial charge in [0, 0.05) is 24.3 Å². The van der Waals surface area contributed by atoms with E-state index in [9.17, 15) is 0 Å². The smallest absolute Gasteiger partial charge is 0.0340 e. The van der Waals surface area contributed by atoms with E-state index in [0.717, 1.165) is 12.6 Å². The van der Waals surface area contributed by atoms with Crippen molar-refractivity contribution in [1.29, 1.82) is 0 Å². The minimum Gasteiger partial charge on any atom is -0.383 e. The molecule has 1 saturated heterocycles. The normalized spacial score (nSPS) is 23.3. The van der Waals surface area contributed by atoms with Crippen LogP contribution in [0.4, 0.5) is 5.69 Å². The van der Waals surface area contributed by atoms with E-state index in [2.05, 4.69) is 54.4 Å². The number of hydrogen-bond acceptors (Lipinski definition) is 2. The van der Waals surface area contributed by atoms with Gasteiger partial charge in [-0.1, -0.05) is 24.6 Å². The molecule has 1 aromatic rings. The van der Waals surface area contributed by atoms with Gasteiger partial charge in [0.2, 0.25) is 0 Å². The van der Waals surface area contributed by atoms with Crippen LogP contribution in [0.1, 0.15) is 33.1 Å². The number of piperidine rings is 1. The standard InChI is InChI=1S/C15H24N2/c1-13-8-6-7-11-17(13)14(2)12-16-15-9-4-3-5-10-15/h3-5,9-10,13-14,16H,6-8,11-12H2,1-2H3. The molecule has 17 heavy (non-hydrogen) atoms. The SMILES string of the molecule is CC1CCCCN1C(C)CNc1ccccc1. The first-order chi connectivity index (χ1) is 8.27. The third kappa shape index (κ3) is 3.47. The van der Waals surface area contributed by atoms with Crippen LogP contribution < -0.4 is 5.32 Å². The Morgan fingerprint density at radius 2 is 2.06 bits per heavy atom. The van der Waals surface area contributed by atoms with Crippen molar-refractivity contribution in [1.82, 2.24) is 4.90 Å². The van der Waals surface area contributed by atoms with Crippen LogP contribution in [0.25, 0.3) is 0 Å². The molecule has 94 valence electrons. The molecule has 2 nitrogen and oxygen atoms in total. The molecule has 2 rings (SSSR count). The number of anilines is 1. The highest BCUT2D eigenvalue weighted by Crippen LogP contribution is 2.19. The van der Waals surface area contributed by atoms with Gasteiger partial charge in [0.05, 0.1) is 0 Å². The van der Waals surface area contributed by atoms with Crippen molar-refractivity contribution in [2.75, 3.05) is 18.4 Å². The Labute approximate surface area is 105 Å². The van der Waals surface area contributed by atoms with Crippen LogP contribution in [0, 0.1) is 0 Å². The summed E-state index contributed by atoms with van der Waals surface area (Å²) >= 11 is 0. The molecule has 1 fully saturated rings. The van der Waals surface area contributed by atoms with E-state index >= 15 is 0 Å². The molecule has 1 aromatic carbocycles. The fourth-order valence-electron chi connectivity index (χ4n) is 2.71. The summed E-state index contributed by atoms with van der Waals surface area (Å²) in [6, 6.07) is 11.8. The van der Waals surface area contributed by atoms with Crippen molar-refractivity contribution in [2.24, 2.45) is 0 Å². The quantitative estimate of drug-likeness (QED) is 0.856. The van der Waals surface area contributed by atoms with Gasteiger partial charge in [0.1, 0.15) is 0 Å². The highest BCUT2D eigenvalue weighted by molar-refractivity contribution is 5.42. The van der Waals surface area contributed by atoms with Crippen molar-refractivity contribution in [3.63, 3.8) is 0 Å². The summed E-state index contributed by atoms with van der Waals surface area (Å²) in [5.74, 6) is 0. The van der Waals surface area contributed by atoms with Crippen molar-refractivity contribution in [2.45, 2.75) is 45.2 Å². The first kappa shape index (κ1) is 12.4. The molecule has 1 N–H and O–H groups in total. The second-order valence-corrected chi connectivity index (χ2v) is 5.18. The summed E-state index contributed by atoms with van der Waals surface area (Å²) in [5, 5.41) is 3.52. The molecule has 0 bridgehead atoms. The van der Waals surface area contributed by atoms with E-state index in [1.807, 2.05) is 0 Å². The molecule has 1 aliphatic heterocycles. The summed E-state index contributed by atoms with van der Waals surface area (Å²) in [7, 11) is 0. The number of nitrogens with one attached hydrogen (secondary N) is 1. The summed E-state index contributed by atoms with van der Waals surface area (Å²) in [6.07, 6.45) is 4.12. The zero-order chi connectivity index (χ0) is 12.1. The minimum atomic E-state index is 0.616. The van der Waals surface area contributed by atoms with E-state index in [0.29, 0.717) is 6.04 Å². The lowest BCUT2D eigenvalue weighted by Crippen LogP contribution is -2.46. The van der Waals surface area contributed by atoms with Crippen LogP contribution in [0.15, 0.2) is 30.3 Å². The molecule has 1 aliphatic rings. The zero-order valence-corrected chi connectivity index (χ0v) is 11.0. The second kappa shape index (κ2) is 6.06. The first-order valence-electron chi connectivity index (χ1n) is 6.82. The summed E-state index contributed by atoms with van der Waals surface area (Å²) in [5.41, 5.74) is 1.23. The fourth-order valence-corrected chi connectivity index (χ4v) is 2.71. The van der Waals surface area contributed by atoms with Crippen molar-refractivity contribution in [3.05, 3.63) is 30.3 Å². The molecule has 0 aliphatic carbocycles. The van der Waals surface area contributed by atoms with Crippen LogP contribution in [-0.4, -0.2) is 30.1 Å². The van der Waals surface area contributed by atoms with Gasteiger partial charge in [0.25, 0.3) is 0 Å². The lowest BCUT2D eigenvalue weighted by Gasteiger charge is -2.38. The number of likely N-dealkylation sites (tertiary alicyclic amines) is 1. The molecule has 1 heterocycles. The summed E-state index contributed by atoms with van der Waals surface area (Å²) in [6.45, 7) is 6.99. The molecule has 2 unspecified atom stereocenters. The Balaban J connectivity index is 1.82. The van der Waals surface area contributed by atoms with E-state index in [1.165, 1.54) is 31.5 Å². The molecule has 0 saturated carbocycles. The predicted molar refractivity (Wildman–Crippen MR) is 74.4 cm³/mol. The van der Waals surface area contributed by atoms with Crippen LogP contribution in [0.5, 0.6) is 0 Å². The van der Waals surface area contributed by atoms with Gasteiger partial charge >= 0.3 is 0 Å². The van der Waals surface area contributed by atoms with Gasteiger partial charge < -0.3 is 5.32 Å². The molecular weight excluding hydrogens is 208 g/mol. The zero-order valence-electron chi connectivity index (χ0n) is 11.0. The largest absolute Gasteiger partial charge is 0.383 e. The average Bonchev–Trinajstić information content (AvgIpc) is 2.38. The molecular formula is C15H24N2. The number of nitrogens with zero attached hydrogens (tertiary/aromatic N) is 1. The van der Waals surface area contributed by atoms with Gasteiger partial charge in [0.15, 0.2) is 0 Å². The molecule has 0 aromatic heterocycles. The Hall–Kier alpha value is -1.02. The summed E-state index contributed by atoms with van der Waals surface area (Å²) < 4.78 is 0. The topological polar surface area (TPSA) is 15.3 Å². The van der Waals surface area contributed by atoms with Crippen molar-refractivity contribution >= 4 is 5.69 Å². The van der Waals surface area contributed by atoms with Crippen LogP contribution in [0.2, 0.25) is 0 Å². The van der Waals surface area contributed by atoms with Crippen LogP contribution in [-0.2, 0) is 0 Å². The predicted octanol–water partition coefficient (Wildman–Crippen LogP) is 3.36. The number of rotatable bonds is 4. The summed E-state index contributed by atoms with van der Waals surface area (Å²) in [4.78, 5) is 2.64. The Kier molecular flexibility index (Phi) is 4.43. The molecule has 2 atom stereocenters. The highest BCUT2D eigenvalue weighted by atomic mass is 15.2. The van der Waals surface area contributed by atoms with Gasteiger partial charge in [-0.15, -0.1) is 0 Å². The van der Waals surface area contributed by atoms with Gasteiger partial charge in [-0.2, -0.15) is 0 Å². The molecule has 0 amide bonds. The first-order valence-corrected chi connectivity index (χ1v) is 6.82. The van der Waals surface area contributed by atoms with Gasteiger partial charge in [-0.3, -0.25) is 4.90 Å². The Morgan fingerprint density at radius 1 is 1.29 bits per heavy atom. The lowest BCUT2D eigenvalue weighted by molar-refractivity contribution is 0.120. The second-order valence-electron chi connectivity index (χ2n) is 5.18. The number of hydrogen-bond donors (Lipinski definition) is 1. The minimum absolute atomic E-state index is 0.616. The number of benzene rings is 1. The van der Waals surface area contributed by atoms with Crippen molar-refractivity contribution in [3.8, 4) is 0 Å². The van der Waals surface area contributed by atoms with E-state index in [-0.39, 0.29) is 0 Å². The maximum atomic E-state index is 3.52. The highest BCUT2D eigenvalue weighted by Gasteiger charge is 2.22. The lowest BCUT2D eigenvalue weighted by atomic mass is 10.0. The van der Waals surface area contributed by atoms with Crippen molar-refractivity contribution < 1.29 is 0 Å². The maximum absolute atomic E-state index is 3.52. The monoisotopic (exact) mass is 232 g/mol. The molecule has 0 radical (unpaired) electrons. The van der Waals surface area contributed by atoms with E-state index in [4.69, 9.17) is 0 Å². The van der Waals surface area contributed by atoms with Gasteiger partial charge in [-0.25, -0.2) is 0 Å². The van der Waals surface area contributed by atoms with Crippen LogP contribution in [0.3, 0.4) is 0 Å². The molecule has 2 heteroatoms. The molecule has 0 spiro atoms. The maximum Gasteiger partial charge on any atom is 0.0340 e.